The van der Waals surface area contributed by atoms with Gasteiger partial charge in [0.2, 0.25) is 5.91 Å². The normalized spacial score (nSPS) is 23.7. The molecule has 2 fully saturated rings. The van der Waals surface area contributed by atoms with E-state index in [1.54, 1.807) is 4.90 Å². The van der Waals surface area contributed by atoms with Crippen molar-refractivity contribution in [3.05, 3.63) is 23.8 Å². The monoisotopic (exact) mass is 409 g/mol. The zero-order valence-electron chi connectivity index (χ0n) is 17.3. The fourth-order valence-corrected chi connectivity index (χ4v) is 4.26. The minimum Gasteiger partial charge on any atom is -0.492 e. The molecule has 30 heavy (non-hydrogen) atoms. The van der Waals surface area contributed by atoms with Crippen LogP contribution in [0.15, 0.2) is 18.2 Å². The van der Waals surface area contributed by atoms with Crippen LogP contribution in [0.5, 0.6) is 5.75 Å². The molecule has 1 aromatic carbocycles. The number of aromatic nitrogens is 4. The number of benzene rings is 1. The molecule has 3 heterocycles. The summed E-state index contributed by atoms with van der Waals surface area (Å²) in [6.07, 6.45) is 3.33. The molecule has 4 rings (SSSR count). The van der Waals surface area contributed by atoms with Gasteiger partial charge in [0.25, 0.3) is 0 Å². The topological polar surface area (TPSA) is 120 Å². The van der Waals surface area contributed by atoms with Gasteiger partial charge in [-0.1, -0.05) is 13.8 Å². The Morgan fingerprint density at radius 1 is 1.37 bits per heavy atom. The fourth-order valence-electron chi connectivity index (χ4n) is 4.26. The Morgan fingerprint density at radius 3 is 2.97 bits per heavy atom. The fraction of sp³-hybridized carbons (Fsp3) is 0.571. The van der Waals surface area contributed by atoms with Crippen molar-refractivity contribution in [3.8, 4) is 23.2 Å². The molecular weight excluding hydrogens is 382 g/mol. The van der Waals surface area contributed by atoms with Crippen molar-refractivity contribution in [3.63, 3.8) is 0 Å². The van der Waals surface area contributed by atoms with Crippen LogP contribution in [0.1, 0.15) is 51.0 Å². The summed E-state index contributed by atoms with van der Waals surface area (Å²) in [6.45, 7) is 5.42. The zero-order valence-corrected chi connectivity index (χ0v) is 17.3. The predicted molar refractivity (Wildman–Crippen MR) is 109 cm³/mol. The lowest BCUT2D eigenvalue weighted by Gasteiger charge is -2.24. The van der Waals surface area contributed by atoms with Crippen LogP contribution in [0.25, 0.3) is 11.4 Å². The van der Waals surface area contributed by atoms with Gasteiger partial charge in [-0.15, -0.1) is 5.10 Å². The van der Waals surface area contributed by atoms with Crippen molar-refractivity contribution in [2.24, 2.45) is 0 Å². The van der Waals surface area contributed by atoms with Gasteiger partial charge in [0.1, 0.15) is 18.4 Å². The van der Waals surface area contributed by atoms with Gasteiger partial charge >= 0.3 is 0 Å². The largest absolute Gasteiger partial charge is 0.492 e. The molecule has 9 nitrogen and oxygen atoms in total. The Bertz CT molecular complexity index is 922. The van der Waals surface area contributed by atoms with Crippen LogP contribution in [0, 0.1) is 11.3 Å². The summed E-state index contributed by atoms with van der Waals surface area (Å²) in [5.74, 6) is 1.79. The first-order valence-corrected chi connectivity index (χ1v) is 10.5. The van der Waals surface area contributed by atoms with Crippen LogP contribution in [0.4, 0.5) is 0 Å². The molecule has 2 saturated heterocycles. The van der Waals surface area contributed by atoms with Crippen LogP contribution < -0.4 is 10.1 Å². The summed E-state index contributed by atoms with van der Waals surface area (Å²) in [4.78, 5) is 14.5. The van der Waals surface area contributed by atoms with Crippen molar-refractivity contribution in [1.82, 2.24) is 30.8 Å². The Hall–Kier alpha value is -2.99. The molecule has 0 bridgehead atoms. The van der Waals surface area contributed by atoms with E-state index in [0.717, 1.165) is 42.6 Å². The SMILES string of the molecule is CC(C)c1cc(-c2nnn[nH]2)ccc1OC[C@H]1CC[C@@H](C(=O)N2CCC[C@H]2C#N)N1. The zero-order chi connectivity index (χ0) is 21.1. The van der Waals surface area contributed by atoms with Crippen LogP contribution in [0.2, 0.25) is 0 Å². The van der Waals surface area contributed by atoms with Gasteiger partial charge in [-0.05, 0) is 65.8 Å². The van der Waals surface area contributed by atoms with Gasteiger partial charge in [-0.3, -0.25) is 10.1 Å². The molecule has 0 saturated carbocycles. The number of nitrogens with zero attached hydrogens (tertiary/aromatic N) is 5. The summed E-state index contributed by atoms with van der Waals surface area (Å²) >= 11 is 0. The molecule has 2 N–H and O–H groups in total. The van der Waals surface area contributed by atoms with Gasteiger partial charge in [-0.2, -0.15) is 5.26 Å². The smallest absolute Gasteiger partial charge is 0.240 e. The van der Waals surface area contributed by atoms with Gasteiger partial charge < -0.3 is 9.64 Å². The molecule has 0 radical (unpaired) electrons. The number of carbonyl (C=O) groups is 1. The number of hydrogen-bond acceptors (Lipinski definition) is 7. The third-order valence-corrected chi connectivity index (χ3v) is 5.91. The predicted octanol–water partition coefficient (Wildman–Crippen LogP) is 2.00. The highest BCUT2D eigenvalue weighted by atomic mass is 16.5. The van der Waals surface area contributed by atoms with Gasteiger partial charge in [0.05, 0.1) is 12.1 Å². The first kappa shape index (κ1) is 20.3. The van der Waals surface area contributed by atoms with E-state index >= 15 is 0 Å². The molecule has 9 heteroatoms. The second-order valence-corrected chi connectivity index (χ2v) is 8.28. The lowest BCUT2D eigenvalue weighted by molar-refractivity contribution is -0.133. The van der Waals surface area contributed by atoms with E-state index in [1.165, 1.54) is 0 Å². The number of carbonyl (C=O) groups excluding carboxylic acids is 1. The number of nitrogens with one attached hydrogen (secondary N) is 2. The van der Waals surface area contributed by atoms with Crippen molar-refractivity contribution in [2.45, 2.75) is 63.6 Å². The van der Waals surface area contributed by atoms with Crippen LogP contribution >= 0.6 is 0 Å². The van der Waals surface area contributed by atoms with Crippen LogP contribution in [0.3, 0.4) is 0 Å². The number of tetrazole rings is 1. The number of amides is 1. The molecule has 1 amide bonds. The maximum atomic E-state index is 12.8. The van der Waals surface area contributed by atoms with Crippen LogP contribution in [-0.2, 0) is 4.79 Å². The summed E-state index contributed by atoms with van der Waals surface area (Å²) in [6, 6.07) is 7.79. The number of aromatic amines is 1. The molecule has 2 aromatic rings. The average molecular weight is 409 g/mol. The first-order valence-electron chi connectivity index (χ1n) is 10.5. The lowest BCUT2D eigenvalue weighted by atomic mass is 9.99. The van der Waals surface area contributed by atoms with E-state index in [4.69, 9.17) is 4.74 Å². The number of ether oxygens (including phenoxy) is 1. The molecule has 2 aliphatic rings. The Morgan fingerprint density at radius 2 is 2.23 bits per heavy atom. The van der Waals surface area contributed by atoms with E-state index in [0.29, 0.717) is 19.0 Å². The quantitative estimate of drug-likeness (QED) is 0.749. The van der Waals surface area contributed by atoms with Crippen LogP contribution in [-0.4, -0.2) is 62.7 Å². The van der Waals surface area contributed by atoms with Crippen molar-refractivity contribution in [2.75, 3.05) is 13.2 Å². The molecule has 0 aliphatic carbocycles. The van der Waals surface area contributed by atoms with E-state index in [9.17, 15) is 10.1 Å². The van der Waals surface area contributed by atoms with Gasteiger partial charge in [-0.25, -0.2) is 5.10 Å². The maximum Gasteiger partial charge on any atom is 0.240 e. The third-order valence-electron chi connectivity index (χ3n) is 5.91. The second-order valence-electron chi connectivity index (χ2n) is 8.28. The highest BCUT2D eigenvalue weighted by Gasteiger charge is 2.37. The molecule has 158 valence electrons. The van der Waals surface area contributed by atoms with Crippen molar-refractivity contribution in [1.29, 1.82) is 5.26 Å². The lowest BCUT2D eigenvalue weighted by Crippen LogP contribution is -2.47. The standard InChI is InChI=1S/C21H27N7O2/c1-13(2)17-10-14(20-24-26-27-25-20)5-8-19(17)30-12-15-6-7-18(23-15)21(29)28-9-3-4-16(28)11-22/h5,8,10,13,15-16,18,23H,3-4,6-7,9,12H2,1-2H3,(H,24,25,26,27)/t15-,16+,18+/m1/s1. The summed E-state index contributed by atoms with van der Waals surface area (Å²) in [5, 5.41) is 26.7. The van der Waals surface area contributed by atoms with Gasteiger partial charge in [0.15, 0.2) is 5.82 Å². The molecule has 2 aliphatic heterocycles. The minimum absolute atomic E-state index is 0.0504. The average Bonchev–Trinajstić information content (AvgIpc) is 3.53. The number of likely N-dealkylation sites (tertiary alicyclic amines) is 1. The van der Waals surface area contributed by atoms with E-state index in [-0.39, 0.29) is 30.0 Å². The maximum absolute atomic E-state index is 12.8. The summed E-state index contributed by atoms with van der Waals surface area (Å²) < 4.78 is 6.15. The number of rotatable bonds is 6. The number of nitriles is 1. The summed E-state index contributed by atoms with van der Waals surface area (Å²) in [7, 11) is 0. The first-order chi connectivity index (χ1) is 14.6. The number of H-pyrrole nitrogens is 1. The molecule has 0 unspecified atom stereocenters. The van der Waals surface area contributed by atoms with Crippen molar-refractivity contribution >= 4 is 5.91 Å². The van der Waals surface area contributed by atoms with Gasteiger partial charge in [0, 0.05) is 18.2 Å². The van der Waals surface area contributed by atoms with E-state index in [2.05, 4.69) is 45.9 Å². The van der Waals surface area contributed by atoms with E-state index < -0.39 is 0 Å². The Kier molecular flexibility index (Phi) is 5.95. The number of hydrogen-bond donors (Lipinski definition) is 2. The van der Waals surface area contributed by atoms with E-state index in [1.807, 2.05) is 18.2 Å². The molecular formula is C21H27N7O2. The second kappa shape index (κ2) is 8.79. The Balaban J connectivity index is 1.37. The third kappa shape index (κ3) is 4.14. The highest BCUT2D eigenvalue weighted by molar-refractivity contribution is 5.83. The highest BCUT2D eigenvalue weighted by Crippen LogP contribution is 2.31. The molecule has 0 spiro atoms. The molecule has 1 aromatic heterocycles. The minimum atomic E-state index is -0.277. The summed E-state index contributed by atoms with van der Waals surface area (Å²) in [5.41, 5.74) is 2.00. The Labute approximate surface area is 175 Å². The molecule has 3 atom stereocenters. The van der Waals surface area contributed by atoms with Crippen molar-refractivity contribution < 1.29 is 9.53 Å².